The number of rotatable bonds is 6. The van der Waals surface area contributed by atoms with Crippen LogP contribution in [0, 0.1) is 0 Å². The van der Waals surface area contributed by atoms with E-state index >= 15 is 0 Å². The minimum Gasteiger partial charge on any atom is -0.480 e. The minimum absolute atomic E-state index is 0.0132. The van der Waals surface area contributed by atoms with E-state index in [0.717, 1.165) is 11.3 Å². The van der Waals surface area contributed by atoms with Crippen LogP contribution in [0.25, 0.3) is 0 Å². The summed E-state index contributed by atoms with van der Waals surface area (Å²) in [5, 5.41) is 8.81. The molecule has 28 heavy (non-hydrogen) atoms. The topological polar surface area (TPSA) is 113 Å². The highest BCUT2D eigenvalue weighted by Crippen LogP contribution is 2.41. The van der Waals surface area contributed by atoms with E-state index in [1.807, 2.05) is 24.3 Å². The SMILES string of the molecule is CC(C)c1ccc(N2C(=NC(=O)COCC(=O)O)S[C@@H]3CS(=O)(=O)C[C@H]32)cc1. The van der Waals surface area contributed by atoms with Crippen molar-refractivity contribution in [3.05, 3.63) is 29.8 Å². The van der Waals surface area contributed by atoms with Crippen molar-refractivity contribution in [3.63, 3.8) is 0 Å². The van der Waals surface area contributed by atoms with Gasteiger partial charge in [-0.1, -0.05) is 37.7 Å². The lowest BCUT2D eigenvalue weighted by atomic mass is 10.0. The summed E-state index contributed by atoms with van der Waals surface area (Å²) in [6.07, 6.45) is 0. The number of aliphatic imine (C=N–C) groups is 1. The van der Waals surface area contributed by atoms with Gasteiger partial charge in [-0.2, -0.15) is 4.99 Å². The smallest absolute Gasteiger partial charge is 0.329 e. The lowest BCUT2D eigenvalue weighted by molar-refractivity contribution is -0.143. The van der Waals surface area contributed by atoms with E-state index in [4.69, 9.17) is 9.84 Å². The number of amides is 1. The first-order valence-corrected chi connectivity index (χ1v) is 11.5. The number of aliphatic carboxylic acids is 1. The van der Waals surface area contributed by atoms with Crippen molar-refractivity contribution in [2.45, 2.75) is 31.1 Å². The highest BCUT2D eigenvalue weighted by molar-refractivity contribution is 8.16. The quantitative estimate of drug-likeness (QED) is 0.728. The van der Waals surface area contributed by atoms with Gasteiger partial charge >= 0.3 is 5.97 Å². The van der Waals surface area contributed by atoms with Gasteiger partial charge in [0.05, 0.1) is 17.5 Å². The number of carboxylic acid groups (broad SMARTS) is 1. The van der Waals surface area contributed by atoms with Crippen molar-refractivity contribution < 1.29 is 27.9 Å². The number of anilines is 1. The first-order valence-electron chi connectivity index (χ1n) is 8.83. The van der Waals surface area contributed by atoms with Gasteiger partial charge in [-0.15, -0.1) is 0 Å². The molecule has 2 atom stereocenters. The molecule has 1 amide bonds. The zero-order chi connectivity index (χ0) is 20.5. The molecule has 1 aromatic carbocycles. The van der Waals surface area contributed by atoms with Crippen LogP contribution < -0.4 is 4.90 Å². The number of carboxylic acids is 1. The maximum absolute atomic E-state index is 12.1. The molecule has 0 saturated carbocycles. The van der Waals surface area contributed by atoms with Crippen LogP contribution in [-0.4, -0.2) is 66.6 Å². The summed E-state index contributed by atoms with van der Waals surface area (Å²) in [5.41, 5.74) is 1.93. The zero-order valence-corrected chi connectivity index (χ0v) is 17.2. The molecule has 2 aliphatic rings. The van der Waals surface area contributed by atoms with Crippen LogP contribution in [0.2, 0.25) is 0 Å². The Labute approximate surface area is 167 Å². The normalized spacial score (nSPS) is 24.7. The van der Waals surface area contributed by atoms with Gasteiger partial charge in [-0.05, 0) is 23.6 Å². The number of fused-ring (bicyclic) bond motifs is 1. The predicted octanol–water partition coefficient (Wildman–Crippen LogP) is 1.51. The van der Waals surface area contributed by atoms with Crippen LogP contribution in [0.3, 0.4) is 0 Å². The molecule has 0 unspecified atom stereocenters. The predicted molar refractivity (Wildman–Crippen MR) is 108 cm³/mol. The molecule has 0 radical (unpaired) electrons. The van der Waals surface area contributed by atoms with Gasteiger partial charge in [0.15, 0.2) is 15.0 Å². The van der Waals surface area contributed by atoms with Crippen molar-refractivity contribution >= 4 is 44.3 Å². The Morgan fingerprint density at radius 2 is 1.93 bits per heavy atom. The largest absolute Gasteiger partial charge is 0.480 e. The van der Waals surface area contributed by atoms with Crippen molar-refractivity contribution in [1.82, 2.24) is 0 Å². The summed E-state index contributed by atoms with van der Waals surface area (Å²) < 4.78 is 28.9. The van der Waals surface area contributed by atoms with Crippen molar-refractivity contribution in [3.8, 4) is 0 Å². The Bertz CT molecular complexity index is 895. The van der Waals surface area contributed by atoms with E-state index in [-0.39, 0.29) is 22.8 Å². The second-order valence-corrected chi connectivity index (χ2v) is 10.5. The standard InChI is InChI=1S/C18H22N2O6S2/c1-11(2)12-3-5-13(6-4-12)20-14-9-28(24,25)10-15(14)27-18(20)19-16(21)7-26-8-17(22)23/h3-6,11,14-15H,7-10H2,1-2H3,(H,22,23)/t14-,15-/m1/s1. The van der Waals surface area contributed by atoms with Gasteiger partial charge in [-0.25, -0.2) is 13.2 Å². The summed E-state index contributed by atoms with van der Waals surface area (Å²) >= 11 is 1.27. The third-order valence-electron chi connectivity index (χ3n) is 4.58. The molecule has 8 nitrogen and oxygen atoms in total. The Morgan fingerprint density at radius 1 is 1.25 bits per heavy atom. The summed E-state index contributed by atoms with van der Waals surface area (Å²) in [6, 6.07) is 7.49. The van der Waals surface area contributed by atoms with Crippen LogP contribution in [0.4, 0.5) is 5.69 Å². The molecule has 1 aromatic rings. The van der Waals surface area contributed by atoms with Gasteiger partial charge < -0.3 is 14.7 Å². The average Bonchev–Trinajstić information content (AvgIpc) is 3.05. The van der Waals surface area contributed by atoms with Crippen LogP contribution in [-0.2, 0) is 24.2 Å². The highest BCUT2D eigenvalue weighted by Gasteiger charge is 2.49. The Balaban J connectivity index is 1.85. The molecule has 2 aliphatic heterocycles. The number of benzene rings is 1. The molecule has 0 aliphatic carbocycles. The number of hydrogen-bond acceptors (Lipinski definition) is 6. The number of nitrogens with zero attached hydrogens (tertiary/aromatic N) is 2. The summed E-state index contributed by atoms with van der Waals surface area (Å²) in [4.78, 5) is 28.5. The van der Waals surface area contributed by atoms with Crippen LogP contribution in [0.15, 0.2) is 29.3 Å². The highest BCUT2D eigenvalue weighted by atomic mass is 32.2. The first-order chi connectivity index (χ1) is 13.2. The maximum Gasteiger partial charge on any atom is 0.329 e. The fourth-order valence-electron chi connectivity index (χ4n) is 3.25. The zero-order valence-electron chi connectivity index (χ0n) is 15.6. The van der Waals surface area contributed by atoms with Gasteiger partial charge in [0.1, 0.15) is 13.2 Å². The number of carbonyl (C=O) groups excluding carboxylic acids is 1. The molecule has 3 rings (SSSR count). The fourth-order valence-corrected chi connectivity index (χ4v) is 7.18. The number of sulfone groups is 1. The van der Waals surface area contributed by atoms with E-state index in [0.29, 0.717) is 11.1 Å². The second kappa shape index (κ2) is 8.22. The number of amidine groups is 1. The molecule has 0 spiro atoms. The third-order valence-corrected chi connectivity index (χ3v) is 7.79. The first kappa shape index (κ1) is 20.8. The molecule has 2 heterocycles. The fraction of sp³-hybridized carbons (Fsp3) is 0.500. The van der Waals surface area contributed by atoms with E-state index in [1.54, 1.807) is 4.90 Å². The molecular weight excluding hydrogens is 404 g/mol. The number of carbonyl (C=O) groups is 2. The number of hydrogen-bond donors (Lipinski definition) is 1. The molecule has 1 N–H and O–H groups in total. The lowest BCUT2D eigenvalue weighted by Crippen LogP contribution is -2.37. The molecule has 0 bridgehead atoms. The van der Waals surface area contributed by atoms with E-state index < -0.39 is 34.9 Å². The van der Waals surface area contributed by atoms with E-state index in [2.05, 4.69) is 18.8 Å². The monoisotopic (exact) mass is 426 g/mol. The molecule has 0 aromatic heterocycles. The van der Waals surface area contributed by atoms with Crippen LogP contribution >= 0.6 is 11.8 Å². The van der Waals surface area contributed by atoms with Gasteiger partial charge in [0.2, 0.25) is 0 Å². The third kappa shape index (κ3) is 4.73. The number of ether oxygens (including phenoxy) is 1. The maximum atomic E-state index is 12.1. The second-order valence-electron chi connectivity index (χ2n) is 7.09. The van der Waals surface area contributed by atoms with Crippen molar-refractivity contribution in [1.29, 1.82) is 0 Å². The Hall–Kier alpha value is -1.91. The van der Waals surface area contributed by atoms with Gasteiger partial charge in [0.25, 0.3) is 5.91 Å². The average molecular weight is 427 g/mol. The molecule has 2 fully saturated rings. The van der Waals surface area contributed by atoms with Crippen molar-refractivity contribution in [2.75, 3.05) is 29.6 Å². The number of thioether (sulfide) groups is 1. The van der Waals surface area contributed by atoms with E-state index in [9.17, 15) is 18.0 Å². The molecule has 10 heteroatoms. The van der Waals surface area contributed by atoms with E-state index in [1.165, 1.54) is 11.8 Å². The summed E-state index contributed by atoms with van der Waals surface area (Å²) in [6.45, 7) is 3.16. The Kier molecular flexibility index (Phi) is 6.11. The van der Waals surface area contributed by atoms with Crippen LogP contribution in [0.5, 0.6) is 0 Å². The lowest BCUT2D eigenvalue weighted by Gasteiger charge is -2.25. The van der Waals surface area contributed by atoms with Crippen LogP contribution in [0.1, 0.15) is 25.3 Å². The molecule has 2 saturated heterocycles. The summed E-state index contributed by atoms with van der Waals surface area (Å²) in [5.74, 6) is -1.34. The van der Waals surface area contributed by atoms with Gasteiger partial charge in [-0.3, -0.25) is 4.79 Å². The molecular formula is C18H22N2O6S2. The minimum atomic E-state index is -3.14. The summed E-state index contributed by atoms with van der Waals surface area (Å²) in [7, 11) is -3.14. The Morgan fingerprint density at radius 3 is 2.54 bits per heavy atom. The molecule has 152 valence electrons. The van der Waals surface area contributed by atoms with Gasteiger partial charge in [0, 0.05) is 10.9 Å². The van der Waals surface area contributed by atoms with Crippen molar-refractivity contribution in [2.24, 2.45) is 4.99 Å².